The number of hydrogen-bond acceptors (Lipinski definition) is 4. The molecule has 0 amide bonds. The average molecular weight is 343 g/mol. The second kappa shape index (κ2) is 7.18. The first-order valence-electron chi connectivity index (χ1n) is 5.50. The Morgan fingerprint density at radius 3 is 1.20 bits per heavy atom. The Bertz CT molecular complexity index is 567. The molecule has 0 saturated carbocycles. The fourth-order valence-corrected chi connectivity index (χ4v) is 3.56. The van der Waals surface area contributed by atoms with Gasteiger partial charge in [-0.2, -0.15) is 0 Å². The van der Waals surface area contributed by atoms with Crippen LogP contribution in [0.25, 0.3) is 0 Å². The molecule has 0 bridgehead atoms. The largest absolute Gasteiger partial charge is 0.276 e. The highest BCUT2D eigenvalue weighted by Gasteiger charge is 2.04. The third-order valence-corrected chi connectivity index (χ3v) is 5.25. The number of rotatable bonds is 5. The number of carbonyl (C=O) groups is 2. The molecule has 0 N–H and O–H groups in total. The molecule has 0 saturated heterocycles. The molecular formula is C14H8Cl2O2S2. The van der Waals surface area contributed by atoms with Gasteiger partial charge in [0.15, 0.2) is 0 Å². The molecule has 2 nitrogen and oxygen atoms in total. The number of carbonyl (C=O) groups excluding carboxylic acids is 2. The van der Waals surface area contributed by atoms with Crippen molar-refractivity contribution in [3.63, 3.8) is 0 Å². The maximum Gasteiger partial charge on any atom is 0.252 e. The summed E-state index contributed by atoms with van der Waals surface area (Å²) in [4.78, 5) is 23.9. The van der Waals surface area contributed by atoms with Gasteiger partial charge in [-0.3, -0.25) is 9.59 Å². The van der Waals surface area contributed by atoms with Crippen molar-refractivity contribution < 1.29 is 9.59 Å². The summed E-state index contributed by atoms with van der Waals surface area (Å²) in [6.45, 7) is 0. The minimum atomic E-state index is -0.462. The lowest BCUT2D eigenvalue weighted by molar-refractivity contribution is 0.107. The summed E-state index contributed by atoms with van der Waals surface area (Å²) in [6.07, 6.45) is 0. The summed E-state index contributed by atoms with van der Waals surface area (Å²) >= 11 is 10.8. The topological polar surface area (TPSA) is 34.1 Å². The Kier molecular flexibility index (Phi) is 5.54. The lowest BCUT2D eigenvalue weighted by atomic mass is 10.2. The van der Waals surface area contributed by atoms with Crippen LogP contribution in [0, 0.1) is 0 Å². The highest BCUT2D eigenvalue weighted by Crippen LogP contribution is 2.37. The number of halogens is 2. The van der Waals surface area contributed by atoms with Crippen LogP contribution in [0.2, 0.25) is 0 Å². The van der Waals surface area contributed by atoms with Crippen molar-refractivity contribution in [1.82, 2.24) is 0 Å². The van der Waals surface area contributed by atoms with Gasteiger partial charge in [0, 0.05) is 20.9 Å². The van der Waals surface area contributed by atoms with Gasteiger partial charge in [-0.25, -0.2) is 0 Å². The molecule has 0 unspecified atom stereocenters. The summed E-state index contributed by atoms with van der Waals surface area (Å²) < 4.78 is 0. The molecule has 0 radical (unpaired) electrons. The zero-order valence-corrected chi connectivity index (χ0v) is 13.2. The highest BCUT2D eigenvalue weighted by atomic mass is 35.5. The van der Waals surface area contributed by atoms with Crippen LogP contribution < -0.4 is 0 Å². The Balaban J connectivity index is 1.97. The maximum atomic E-state index is 10.9. The van der Waals surface area contributed by atoms with E-state index in [0.717, 1.165) is 9.79 Å². The summed E-state index contributed by atoms with van der Waals surface area (Å²) in [7, 11) is 3.11. The molecule has 20 heavy (non-hydrogen) atoms. The quantitative estimate of drug-likeness (QED) is 0.549. The molecule has 0 aromatic heterocycles. The van der Waals surface area contributed by atoms with E-state index in [9.17, 15) is 9.59 Å². The van der Waals surface area contributed by atoms with E-state index >= 15 is 0 Å². The van der Waals surface area contributed by atoms with Crippen LogP contribution in [0.3, 0.4) is 0 Å². The molecule has 6 heteroatoms. The molecule has 2 aromatic carbocycles. The number of hydrogen-bond donors (Lipinski definition) is 0. The van der Waals surface area contributed by atoms with Crippen LogP contribution in [0.4, 0.5) is 0 Å². The van der Waals surface area contributed by atoms with Crippen LogP contribution in [0.1, 0.15) is 20.7 Å². The highest BCUT2D eigenvalue weighted by molar-refractivity contribution is 8.76. The second-order valence-corrected chi connectivity index (χ2v) is 6.73. The van der Waals surface area contributed by atoms with Crippen LogP contribution in [0.15, 0.2) is 58.3 Å². The first-order chi connectivity index (χ1) is 9.56. The predicted molar refractivity (Wildman–Crippen MR) is 85.0 cm³/mol. The van der Waals surface area contributed by atoms with Gasteiger partial charge in [-0.15, -0.1) is 0 Å². The third kappa shape index (κ3) is 4.28. The van der Waals surface area contributed by atoms with E-state index < -0.39 is 10.5 Å². The van der Waals surface area contributed by atoms with Gasteiger partial charge in [-0.1, -0.05) is 21.6 Å². The first-order valence-corrected chi connectivity index (χ1v) is 8.41. The van der Waals surface area contributed by atoms with Crippen molar-refractivity contribution in [3.05, 3.63) is 59.7 Å². The van der Waals surface area contributed by atoms with Crippen molar-refractivity contribution in [3.8, 4) is 0 Å². The first kappa shape index (κ1) is 15.4. The third-order valence-electron chi connectivity index (χ3n) is 2.40. The van der Waals surface area contributed by atoms with E-state index in [1.807, 2.05) is 24.3 Å². The Labute approximate surface area is 134 Å². The molecule has 2 rings (SSSR count). The monoisotopic (exact) mass is 342 g/mol. The van der Waals surface area contributed by atoms with Gasteiger partial charge >= 0.3 is 0 Å². The fourth-order valence-electron chi connectivity index (χ4n) is 1.38. The Morgan fingerprint density at radius 2 is 0.950 bits per heavy atom. The molecular weight excluding hydrogens is 335 g/mol. The van der Waals surface area contributed by atoms with Crippen LogP contribution in [-0.2, 0) is 0 Å². The lowest BCUT2D eigenvalue weighted by Crippen LogP contribution is -1.87. The molecule has 0 aliphatic rings. The van der Waals surface area contributed by atoms with Crippen molar-refractivity contribution in [2.24, 2.45) is 0 Å². The van der Waals surface area contributed by atoms with Crippen LogP contribution in [0.5, 0.6) is 0 Å². The molecule has 0 aliphatic heterocycles. The van der Waals surface area contributed by atoms with Crippen LogP contribution in [-0.4, -0.2) is 10.5 Å². The lowest BCUT2D eigenvalue weighted by Gasteiger charge is -2.02. The molecule has 102 valence electrons. The van der Waals surface area contributed by atoms with E-state index in [4.69, 9.17) is 23.2 Å². The van der Waals surface area contributed by atoms with Gasteiger partial charge in [-0.05, 0) is 71.7 Å². The van der Waals surface area contributed by atoms with Gasteiger partial charge < -0.3 is 0 Å². The Morgan fingerprint density at radius 1 is 0.650 bits per heavy atom. The van der Waals surface area contributed by atoms with E-state index in [2.05, 4.69) is 0 Å². The van der Waals surface area contributed by atoms with Crippen LogP contribution >= 0.6 is 44.8 Å². The fraction of sp³-hybridized carbons (Fsp3) is 0. The molecule has 0 aliphatic carbocycles. The molecule has 2 aromatic rings. The minimum Gasteiger partial charge on any atom is -0.276 e. The second-order valence-electron chi connectivity index (χ2n) is 3.76. The van der Waals surface area contributed by atoms with Gasteiger partial charge in [0.1, 0.15) is 0 Å². The van der Waals surface area contributed by atoms with Crippen molar-refractivity contribution >= 4 is 55.3 Å². The smallest absolute Gasteiger partial charge is 0.252 e. The van der Waals surface area contributed by atoms with Crippen molar-refractivity contribution in [2.75, 3.05) is 0 Å². The maximum absolute atomic E-state index is 10.9. The van der Waals surface area contributed by atoms with E-state index in [1.165, 1.54) is 0 Å². The molecule has 0 atom stereocenters. The summed E-state index contributed by atoms with van der Waals surface area (Å²) in [5.74, 6) is 0. The molecule has 0 heterocycles. The minimum absolute atomic E-state index is 0.462. The predicted octanol–water partition coefficient (Wildman–Crippen LogP) is 5.24. The summed E-state index contributed by atoms with van der Waals surface area (Å²) in [5, 5.41) is -0.925. The van der Waals surface area contributed by atoms with Crippen molar-refractivity contribution in [1.29, 1.82) is 0 Å². The van der Waals surface area contributed by atoms with Gasteiger partial charge in [0.25, 0.3) is 10.5 Å². The normalized spacial score (nSPS) is 10.3. The molecule has 0 fully saturated rings. The zero-order valence-electron chi connectivity index (χ0n) is 10.0. The zero-order chi connectivity index (χ0) is 14.5. The Hall–Kier alpha value is -0.940. The van der Waals surface area contributed by atoms with Gasteiger partial charge in [0.05, 0.1) is 0 Å². The van der Waals surface area contributed by atoms with E-state index in [1.54, 1.807) is 45.9 Å². The summed E-state index contributed by atoms with van der Waals surface area (Å²) in [5.41, 5.74) is 0.956. The van der Waals surface area contributed by atoms with Crippen molar-refractivity contribution in [2.45, 2.75) is 9.79 Å². The number of benzene rings is 2. The molecule has 0 spiro atoms. The van der Waals surface area contributed by atoms with Gasteiger partial charge in [0.2, 0.25) is 0 Å². The van der Waals surface area contributed by atoms with E-state index in [0.29, 0.717) is 11.1 Å². The summed E-state index contributed by atoms with van der Waals surface area (Å²) in [6, 6.07) is 14.1. The SMILES string of the molecule is O=C(Cl)c1ccc(SSc2ccc(C(=O)Cl)cc2)cc1. The average Bonchev–Trinajstić information content (AvgIpc) is 2.46. The standard InChI is InChI=1S/C14H8Cl2O2S2/c15-13(17)9-1-5-11(6-2-9)19-20-12-7-3-10(4-8-12)14(16)18/h1-8H. The van der Waals surface area contributed by atoms with E-state index in [-0.39, 0.29) is 0 Å².